The van der Waals surface area contributed by atoms with E-state index >= 15 is 0 Å². The maximum Gasteiger partial charge on any atom is 0.0510 e. The molecule has 1 rings (SSSR count). The summed E-state index contributed by atoms with van der Waals surface area (Å²) < 4.78 is 22.5. The highest BCUT2D eigenvalue weighted by atomic mass is 32.2. The molecule has 1 fully saturated rings. The van der Waals surface area contributed by atoms with Gasteiger partial charge in [-0.15, -0.1) is 0 Å². The van der Waals surface area contributed by atoms with E-state index in [1.54, 1.807) is 7.11 Å². The van der Waals surface area contributed by atoms with Gasteiger partial charge in [-0.3, -0.25) is 4.21 Å². The fraction of sp³-hybridized carbons (Fsp3) is 1.00. The van der Waals surface area contributed by atoms with E-state index in [4.69, 9.17) is 9.47 Å². The van der Waals surface area contributed by atoms with E-state index in [0.717, 1.165) is 50.5 Å². The van der Waals surface area contributed by atoms with E-state index in [0.29, 0.717) is 18.6 Å². The summed E-state index contributed by atoms with van der Waals surface area (Å²) in [7, 11) is 0.936. The second-order valence-corrected chi connectivity index (χ2v) is 6.46. The topological polar surface area (TPSA) is 47.6 Å². The van der Waals surface area contributed by atoms with Crippen LogP contribution in [-0.4, -0.2) is 55.2 Å². The Kier molecular flexibility index (Phi) is 8.84. The number of nitrogens with one attached hydrogen (secondary N) is 1. The first-order valence-electron chi connectivity index (χ1n) is 6.93. The van der Waals surface area contributed by atoms with Gasteiger partial charge in [0, 0.05) is 54.6 Å². The van der Waals surface area contributed by atoms with Gasteiger partial charge in [-0.1, -0.05) is 6.92 Å². The van der Waals surface area contributed by atoms with E-state index in [2.05, 4.69) is 12.2 Å². The van der Waals surface area contributed by atoms with Crippen LogP contribution in [0.1, 0.15) is 26.2 Å². The molecular formula is C13H27NO3S. The van der Waals surface area contributed by atoms with Gasteiger partial charge in [0.15, 0.2) is 0 Å². The van der Waals surface area contributed by atoms with Crippen LogP contribution in [0, 0.1) is 5.92 Å². The Labute approximate surface area is 113 Å². The molecule has 0 aliphatic carbocycles. The number of hydrogen-bond acceptors (Lipinski definition) is 4. The summed E-state index contributed by atoms with van der Waals surface area (Å²) >= 11 is 0. The zero-order valence-electron chi connectivity index (χ0n) is 11.7. The third-order valence-corrected chi connectivity index (χ3v) is 4.75. The Hall–Kier alpha value is 0.0300. The summed E-state index contributed by atoms with van der Waals surface area (Å²) in [6.45, 7) is 5.52. The molecule has 18 heavy (non-hydrogen) atoms. The molecule has 108 valence electrons. The Morgan fingerprint density at radius 2 is 2.39 bits per heavy atom. The highest BCUT2D eigenvalue weighted by Gasteiger charge is 2.26. The fourth-order valence-electron chi connectivity index (χ4n) is 2.21. The highest BCUT2D eigenvalue weighted by molar-refractivity contribution is 7.85. The summed E-state index contributed by atoms with van der Waals surface area (Å²) in [4.78, 5) is 0. The van der Waals surface area contributed by atoms with Gasteiger partial charge in [0.25, 0.3) is 0 Å². The molecule has 1 saturated heterocycles. The maximum absolute atomic E-state index is 12.0. The average molecular weight is 277 g/mol. The minimum atomic E-state index is -0.749. The van der Waals surface area contributed by atoms with Crippen LogP contribution in [0.4, 0.5) is 0 Å². The lowest BCUT2D eigenvalue weighted by molar-refractivity contribution is 0.178. The monoisotopic (exact) mass is 277 g/mol. The second kappa shape index (κ2) is 9.89. The fourth-order valence-corrected chi connectivity index (χ4v) is 3.61. The zero-order valence-corrected chi connectivity index (χ0v) is 12.5. The van der Waals surface area contributed by atoms with Crippen molar-refractivity contribution in [2.24, 2.45) is 5.92 Å². The molecule has 1 aliphatic rings. The molecule has 4 nitrogen and oxygen atoms in total. The Morgan fingerprint density at radius 3 is 3.00 bits per heavy atom. The molecule has 0 aromatic carbocycles. The third kappa shape index (κ3) is 6.27. The Balaban J connectivity index is 2.31. The summed E-state index contributed by atoms with van der Waals surface area (Å²) in [5, 5.41) is 3.53. The molecular weight excluding hydrogens is 250 g/mol. The van der Waals surface area contributed by atoms with Crippen molar-refractivity contribution in [3.63, 3.8) is 0 Å². The van der Waals surface area contributed by atoms with Gasteiger partial charge >= 0.3 is 0 Å². The number of ether oxygens (including phenoxy) is 2. The minimum Gasteiger partial charge on any atom is -0.385 e. The molecule has 1 aliphatic heterocycles. The molecule has 0 spiro atoms. The van der Waals surface area contributed by atoms with Gasteiger partial charge in [0.1, 0.15) is 0 Å². The number of rotatable bonds is 10. The van der Waals surface area contributed by atoms with Crippen molar-refractivity contribution in [3.05, 3.63) is 0 Å². The molecule has 0 aromatic heterocycles. The standard InChI is InChI=1S/C13H27NO3S/c1-3-6-14-13(12-5-8-17-10-12)11-18(15)9-4-7-16-2/h12-14H,3-11H2,1-2H3. The molecule has 0 radical (unpaired) electrons. The van der Waals surface area contributed by atoms with Crippen LogP contribution in [0.3, 0.4) is 0 Å². The average Bonchev–Trinajstić information content (AvgIpc) is 2.88. The van der Waals surface area contributed by atoms with Crippen molar-refractivity contribution >= 4 is 10.8 Å². The second-order valence-electron chi connectivity index (χ2n) is 4.84. The van der Waals surface area contributed by atoms with Gasteiger partial charge < -0.3 is 14.8 Å². The molecule has 0 amide bonds. The third-order valence-electron chi connectivity index (χ3n) is 3.28. The summed E-state index contributed by atoms with van der Waals surface area (Å²) in [6, 6.07) is 0.343. The van der Waals surface area contributed by atoms with E-state index < -0.39 is 10.8 Å². The van der Waals surface area contributed by atoms with Crippen molar-refractivity contribution in [1.82, 2.24) is 5.32 Å². The molecule has 0 bridgehead atoms. The lowest BCUT2D eigenvalue weighted by Gasteiger charge is -2.23. The predicted molar refractivity (Wildman–Crippen MR) is 75.4 cm³/mol. The summed E-state index contributed by atoms with van der Waals surface area (Å²) in [6.07, 6.45) is 3.09. The van der Waals surface area contributed by atoms with E-state index in [1.807, 2.05) is 0 Å². The molecule has 1 N–H and O–H groups in total. The Bertz CT molecular complexity index is 232. The van der Waals surface area contributed by atoms with Crippen molar-refractivity contribution in [3.8, 4) is 0 Å². The van der Waals surface area contributed by atoms with Crippen molar-refractivity contribution < 1.29 is 13.7 Å². The lowest BCUT2D eigenvalue weighted by Crippen LogP contribution is -2.41. The summed E-state index contributed by atoms with van der Waals surface area (Å²) in [5.41, 5.74) is 0. The Morgan fingerprint density at radius 1 is 1.56 bits per heavy atom. The minimum absolute atomic E-state index is 0.343. The quantitative estimate of drug-likeness (QED) is 0.609. The first kappa shape index (κ1) is 16.1. The first-order valence-corrected chi connectivity index (χ1v) is 8.41. The van der Waals surface area contributed by atoms with Crippen LogP contribution < -0.4 is 5.32 Å². The molecule has 0 aromatic rings. The van der Waals surface area contributed by atoms with Gasteiger partial charge in [-0.25, -0.2) is 0 Å². The van der Waals surface area contributed by atoms with Gasteiger partial charge in [-0.2, -0.15) is 0 Å². The van der Waals surface area contributed by atoms with Crippen molar-refractivity contribution in [2.45, 2.75) is 32.2 Å². The summed E-state index contributed by atoms with van der Waals surface area (Å²) in [5.74, 6) is 2.02. The van der Waals surface area contributed by atoms with Crippen LogP contribution in [0.25, 0.3) is 0 Å². The van der Waals surface area contributed by atoms with Crippen molar-refractivity contribution in [2.75, 3.05) is 45.0 Å². The molecule has 0 saturated carbocycles. The van der Waals surface area contributed by atoms with E-state index in [9.17, 15) is 4.21 Å². The van der Waals surface area contributed by atoms with Crippen LogP contribution in [-0.2, 0) is 20.3 Å². The molecule has 1 heterocycles. The normalized spacial score (nSPS) is 23.1. The first-order chi connectivity index (χ1) is 8.77. The van der Waals surface area contributed by atoms with Crippen molar-refractivity contribution in [1.29, 1.82) is 0 Å². The van der Waals surface area contributed by atoms with Crippen LogP contribution in [0.15, 0.2) is 0 Å². The smallest absolute Gasteiger partial charge is 0.0510 e. The highest BCUT2D eigenvalue weighted by Crippen LogP contribution is 2.17. The SMILES string of the molecule is CCCNC(CS(=O)CCCOC)C1CCOC1. The molecule has 3 unspecified atom stereocenters. The molecule has 3 atom stereocenters. The van der Waals surface area contributed by atoms with Gasteiger partial charge in [-0.05, 0) is 25.8 Å². The van der Waals surface area contributed by atoms with Gasteiger partial charge in [0.2, 0.25) is 0 Å². The largest absolute Gasteiger partial charge is 0.385 e. The zero-order chi connectivity index (χ0) is 13.2. The molecule has 5 heteroatoms. The van der Waals surface area contributed by atoms with Crippen LogP contribution in [0.2, 0.25) is 0 Å². The lowest BCUT2D eigenvalue weighted by atomic mass is 10.0. The maximum atomic E-state index is 12.0. The van der Waals surface area contributed by atoms with E-state index in [1.165, 1.54) is 0 Å². The van der Waals surface area contributed by atoms with Gasteiger partial charge in [0.05, 0.1) is 6.61 Å². The predicted octanol–water partition coefficient (Wildman–Crippen LogP) is 1.18. The number of hydrogen-bond donors (Lipinski definition) is 1. The van der Waals surface area contributed by atoms with Crippen LogP contribution in [0.5, 0.6) is 0 Å². The number of methoxy groups -OCH3 is 1. The van der Waals surface area contributed by atoms with E-state index in [-0.39, 0.29) is 0 Å². The van der Waals surface area contributed by atoms with Crippen LogP contribution >= 0.6 is 0 Å².